The summed E-state index contributed by atoms with van der Waals surface area (Å²) in [6.45, 7) is 0.529. The topological polar surface area (TPSA) is 86.7 Å². The first kappa shape index (κ1) is 18.3. The third kappa shape index (κ3) is 4.74. The van der Waals surface area contributed by atoms with Gasteiger partial charge in [-0.05, 0) is 24.2 Å². The van der Waals surface area contributed by atoms with E-state index in [1.165, 1.54) is 4.90 Å². The number of likely N-dealkylation sites (tertiary alicyclic amines) is 1. The van der Waals surface area contributed by atoms with E-state index < -0.39 is 24.0 Å². The van der Waals surface area contributed by atoms with Gasteiger partial charge in [0.2, 0.25) is 11.8 Å². The van der Waals surface area contributed by atoms with Crippen molar-refractivity contribution in [1.82, 2.24) is 10.2 Å². The van der Waals surface area contributed by atoms with E-state index in [4.69, 9.17) is 0 Å². The SMILES string of the molecule is O=C(O)C(Cc1ccccc1)NC(=O)C1CCCN1C(=O)CCS. The second kappa shape index (κ2) is 8.73. The van der Waals surface area contributed by atoms with E-state index in [-0.39, 0.29) is 18.7 Å². The fraction of sp³-hybridized carbons (Fsp3) is 0.471. The van der Waals surface area contributed by atoms with Crippen molar-refractivity contribution in [3.8, 4) is 0 Å². The van der Waals surface area contributed by atoms with E-state index in [2.05, 4.69) is 17.9 Å². The van der Waals surface area contributed by atoms with Crippen LogP contribution >= 0.6 is 12.6 Å². The van der Waals surface area contributed by atoms with Gasteiger partial charge in [0.1, 0.15) is 12.1 Å². The molecule has 6 nitrogen and oxygen atoms in total. The molecule has 1 aliphatic heterocycles. The maximum absolute atomic E-state index is 12.5. The highest BCUT2D eigenvalue weighted by molar-refractivity contribution is 7.80. The number of hydrogen-bond donors (Lipinski definition) is 3. The van der Waals surface area contributed by atoms with Crippen LogP contribution in [0.2, 0.25) is 0 Å². The van der Waals surface area contributed by atoms with Gasteiger partial charge in [-0.1, -0.05) is 30.3 Å². The van der Waals surface area contributed by atoms with Crippen LogP contribution < -0.4 is 5.32 Å². The summed E-state index contributed by atoms with van der Waals surface area (Å²) in [6, 6.07) is 7.54. The molecular formula is C17H22N2O4S. The van der Waals surface area contributed by atoms with Gasteiger partial charge in [0.05, 0.1) is 0 Å². The maximum atomic E-state index is 12.5. The van der Waals surface area contributed by atoms with Crippen molar-refractivity contribution >= 4 is 30.4 Å². The number of carbonyl (C=O) groups excluding carboxylic acids is 2. The number of benzene rings is 1. The van der Waals surface area contributed by atoms with E-state index in [1.807, 2.05) is 30.3 Å². The quantitative estimate of drug-likeness (QED) is 0.643. The highest BCUT2D eigenvalue weighted by atomic mass is 32.1. The standard InChI is InChI=1S/C17H22N2O4S/c20-15(8-10-24)19-9-4-7-14(19)16(21)18-13(17(22)23)11-12-5-2-1-3-6-12/h1-3,5-6,13-14,24H,4,7-11H2,(H,18,21)(H,22,23). The number of carbonyl (C=O) groups is 3. The minimum Gasteiger partial charge on any atom is -0.480 e. The average molecular weight is 350 g/mol. The summed E-state index contributed by atoms with van der Waals surface area (Å²) >= 11 is 4.05. The number of hydrogen-bond acceptors (Lipinski definition) is 4. The smallest absolute Gasteiger partial charge is 0.326 e. The van der Waals surface area contributed by atoms with Crippen molar-refractivity contribution in [3.63, 3.8) is 0 Å². The third-order valence-electron chi connectivity index (χ3n) is 4.10. The summed E-state index contributed by atoms with van der Waals surface area (Å²) in [5.41, 5.74) is 0.833. The lowest BCUT2D eigenvalue weighted by Crippen LogP contribution is -2.51. The number of nitrogens with zero attached hydrogens (tertiary/aromatic N) is 1. The molecular weight excluding hydrogens is 328 g/mol. The summed E-state index contributed by atoms with van der Waals surface area (Å²) in [4.78, 5) is 37.5. The largest absolute Gasteiger partial charge is 0.480 e. The molecule has 1 aromatic rings. The van der Waals surface area contributed by atoms with Crippen LogP contribution in [0.25, 0.3) is 0 Å². The number of aliphatic carboxylic acids is 1. The molecule has 0 saturated carbocycles. The van der Waals surface area contributed by atoms with Crippen LogP contribution in [0.3, 0.4) is 0 Å². The Morgan fingerprint density at radius 1 is 1.29 bits per heavy atom. The lowest BCUT2D eigenvalue weighted by Gasteiger charge is -2.25. The summed E-state index contributed by atoms with van der Waals surface area (Å²) < 4.78 is 0. The van der Waals surface area contributed by atoms with E-state index in [0.717, 1.165) is 12.0 Å². The first-order valence-electron chi connectivity index (χ1n) is 8.00. The van der Waals surface area contributed by atoms with Gasteiger partial charge in [-0.25, -0.2) is 4.79 Å². The Kier molecular flexibility index (Phi) is 6.66. The van der Waals surface area contributed by atoms with Crippen LogP contribution in [-0.2, 0) is 20.8 Å². The fourth-order valence-corrected chi connectivity index (χ4v) is 3.09. The number of amides is 2. The van der Waals surface area contributed by atoms with E-state index >= 15 is 0 Å². The Balaban J connectivity index is 2.02. The molecule has 24 heavy (non-hydrogen) atoms. The van der Waals surface area contributed by atoms with Gasteiger partial charge in [-0.3, -0.25) is 9.59 Å². The molecule has 0 radical (unpaired) electrons. The normalized spacial score (nSPS) is 18.2. The van der Waals surface area contributed by atoms with Crippen LogP contribution in [0.4, 0.5) is 0 Å². The average Bonchev–Trinajstić information content (AvgIpc) is 3.05. The summed E-state index contributed by atoms with van der Waals surface area (Å²) in [6.07, 6.45) is 1.78. The lowest BCUT2D eigenvalue weighted by atomic mass is 10.1. The molecule has 0 bridgehead atoms. The predicted octanol–water partition coefficient (Wildman–Crippen LogP) is 1.11. The Labute approximate surface area is 146 Å². The molecule has 7 heteroatoms. The molecule has 1 saturated heterocycles. The number of thiol groups is 1. The Bertz CT molecular complexity index is 594. The van der Waals surface area contributed by atoms with Crippen LogP contribution in [0.1, 0.15) is 24.8 Å². The molecule has 1 fully saturated rings. The van der Waals surface area contributed by atoms with Gasteiger partial charge in [0.15, 0.2) is 0 Å². The zero-order valence-electron chi connectivity index (χ0n) is 13.4. The van der Waals surface area contributed by atoms with Gasteiger partial charge < -0.3 is 15.3 Å². The Morgan fingerprint density at radius 3 is 2.62 bits per heavy atom. The van der Waals surface area contributed by atoms with Gasteiger partial charge >= 0.3 is 5.97 Å². The second-order valence-electron chi connectivity index (χ2n) is 5.81. The van der Waals surface area contributed by atoms with Gasteiger partial charge in [0, 0.05) is 19.4 Å². The molecule has 2 rings (SSSR count). The molecule has 0 spiro atoms. The minimum absolute atomic E-state index is 0.113. The summed E-state index contributed by atoms with van der Waals surface area (Å²) in [7, 11) is 0. The molecule has 1 aliphatic rings. The fourth-order valence-electron chi connectivity index (χ4n) is 2.89. The van der Waals surface area contributed by atoms with E-state index in [9.17, 15) is 19.5 Å². The van der Waals surface area contributed by atoms with Gasteiger partial charge in [-0.15, -0.1) is 0 Å². The van der Waals surface area contributed by atoms with Crippen molar-refractivity contribution in [3.05, 3.63) is 35.9 Å². The maximum Gasteiger partial charge on any atom is 0.326 e. The third-order valence-corrected chi connectivity index (χ3v) is 4.32. The molecule has 2 amide bonds. The van der Waals surface area contributed by atoms with Crippen LogP contribution in [0.15, 0.2) is 30.3 Å². The molecule has 2 atom stereocenters. The van der Waals surface area contributed by atoms with Gasteiger partial charge in [-0.2, -0.15) is 12.6 Å². The van der Waals surface area contributed by atoms with Crippen molar-refractivity contribution < 1.29 is 19.5 Å². The van der Waals surface area contributed by atoms with Crippen molar-refractivity contribution in [2.45, 2.75) is 37.8 Å². The number of carboxylic acids is 1. The Hall–Kier alpha value is -2.02. The molecule has 2 N–H and O–H groups in total. The summed E-state index contributed by atoms with van der Waals surface area (Å²) in [5.74, 6) is -1.17. The van der Waals surface area contributed by atoms with Crippen LogP contribution in [-0.4, -0.2) is 52.2 Å². The van der Waals surface area contributed by atoms with Crippen molar-refractivity contribution in [2.75, 3.05) is 12.3 Å². The molecule has 1 heterocycles. The van der Waals surface area contributed by atoms with Crippen LogP contribution in [0.5, 0.6) is 0 Å². The van der Waals surface area contributed by atoms with Crippen molar-refractivity contribution in [1.29, 1.82) is 0 Å². The predicted molar refractivity (Wildman–Crippen MR) is 92.9 cm³/mol. The van der Waals surface area contributed by atoms with Gasteiger partial charge in [0.25, 0.3) is 0 Å². The molecule has 0 aliphatic carbocycles. The first-order valence-corrected chi connectivity index (χ1v) is 8.63. The van der Waals surface area contributed by atoms with Crippen LogP contribution in [0, 0.1) is 0 Å². The highest BCUT2D eigenvalue weighted by Gasteiger charge is 2.35. The highest BCUT2D eigenvalue weighted by Crippen LogP contribution is 2.19. The molecule has 1 aromatic carbocycles. The molecule has 130 valence electrons. The Morgan fingerprint density at radius 2 is 2.00 bits per heavy atom. The number of rotatable bonds is 7. The monoisotopic (exact) mass is 350 g/mol. The lowest BCUT2D eigenvalue weighted by molar-refractivity contribution is -0.143. The minimum atomic E-state index is -1.08. The zero-order chi connectivity index (χ0) is 17.5. The van der Waals surface area contributed by atoms with E-state index in [0.29, 0.717) is 18.7 Å². The van der Waals surface area contributed by atoms with Crippen molar-refractivity contribution in [2.24, 2.45) is 0 Å². The second-order valence-corrected chi connectivity index (χ2v) is 6.26. The molecule has 0 aromatic heterocycles. The molecule has 2 unspecified atom stereocenters. The number of nitrogens with one attached hydrogen (secondary N) is 1. The summed E-state index contributed by atoms with van der Waals surface area (Å²) in [5, 5.41) is 12.0. The van der Waals surface area contributed by atoms with E-state index in [1.54, 1.807) is 0 Å². The number of carboxylic acid groups (broad SMARTS) is 1. The zero-order valence-corrected chi connectivity index (χ0v) is 14.2. The first-order chi connectivity index (χ1) is 11.5.